The first-order valence-corrected chi connectivity index (χ1v) is 5.27. The molecular weight excluding hydrogens is 194 g/mol. The van der Waals surface area contributed by atoms with Crippen molar-refractivity contribution in [2.75, 3.05) is 0 Å². The zero-order valence-corrected chi connectivity index (χ0v) is 9.30. The minimum absolute atomic E-state index is 0.364. The third-order valence-electron chi connectivity index (χ3n) is 2.39. The number of hydrogen-bond acceptors (Lipinski definition) is 1. The first-order chi connectivity index (χ1) is 6.70. The van der Waals surface area contributed by atoms with Gasteiger partial charge in [-0.15, -0.1) is 0 Å². The van der Waals surface area contributed by atoms with Crippen molar-refractivity contribution in [2.45, 2.75) is 32.6 Å². The quantitative estimate of drug-likeness (QED) is 0.732. The van der Waals surface area contributed by atoms with Crippen molar-refractivity contribution in [1.29, 1.82) is 5.26 Å². The van der Waals surface area contributed by atoms with E-state index in [1.165, 1.54) is 0 Å². The van der Waals surface area contributed by atoms with Gasteiger partial charge in [0.1, 0.15) is 0 Å². The highest BCUT2D eigenvalue weighted by molar-refractivity contribution is 6.31. The molecule has 0 fully saturated rings. The predicted octanol–water partition coefficient (Wildman–Crippen LogP) is 4.12. The van der Waals surface area contributed by atoms with E-state index >= 15 is 0 Å². The van der Waals surface area contributed by atoms with Crippen LogP contribution in [0.5, 0.6) is 0 Å². The Bertz CT molecular complexity index is 352. The molecule has 14 heavy (non-hydrogen) atoms. The molecule has 0 saturated carbocycles. The van der Waals surface area contributed by atoms with E-state index in [1.807, 2.05) is 18.2 Å². The van der Waals surface area contributed by atoms with Crippen LogP contribution in [0, 0.1) is 11.3 Å². The Hall–Kier alpha value is -1.00. The second-order valence-corrected chi connectivity index (χ2v) is 3.91. The van der Waals surface area contributed by atoms with Crippen molar-refractivity contribution < 1.29 is 0 Å². The smallest absolute Gasteiger partial charge is 0.0995 e. The standard InChI is InChI=1S/C12H14ClN/c1-3-5-9(2)12-10(8-14)6-4-7-11(12)13/h4,6-7,9H,3,5H2,1-2H3. The highest BCUT2D eigenvalue weighted by atomic mass is 35.5. The molecule has 1 rings (SSSR count). The molecule has 0 spiro atoms. The SMILES string of the molecule is CCCC(C)c1c(Cl)cccc1C#N. The van der Waals surface area contributed by atoms with Crippen LogP contribution in [0.3, 0.4) is 0 Å². The lowest BCUT2D eigenvalue weighted by molar-refractivity contribution is 0.664. The summed E-state index contributed by atoms with van der Waals surface area (Å²) >= 11 is 6.09. The fraction of sp³-hybridized carbons (Fsp3) is 0.417. The largest absolute Gasteiger partial charge is 0.192 e. The molecule has 1 nitrogen and oxygen atoms in total. The molecule has 1 aromatic rings. The molecule has 0 aliphatic rings. The van der Waals surface area contributed by atoms with Gasteiger partial charge in [0.05, 0.1) is 11.6 Å². The molecule has 0 N–H and O–H groups in total. The van der Waals surface area contributed by atoms with Crippen molar-refractivity contribution in [3.05, 3.63) is 34.3 Å². The lowest BCUT2D eigenvalue weighted by Crippen LogP contribution is -1.97. The minimum Gasteiger partial charge on any atom is -0.192 e. The zero-order chi connectivity index (χ0) is 10.6. The van der Waals surface area contributed by atoms with Crippen LogP contribution in [0.4, 0.5) is 0 Å². The number of nitriles is 1. The zero-order valence-electron chi connectivity index (χ0n) is 8.55. The van der Waals surface area contributed by atoms with E-state index in [1.54, 1.807) is 0 Å². The fourth-order valence-electron chi connectivity index (χ4n) is 1.71. The molecule has 0 saturated heterocycles. The Kier molecular flexibility index (Phi) is 3.98. The summed E-state index contributed by atoms with van der Waals surface area (Å²) in [7, 11) is 0. The highest BCUT2D eigenvalue weighted by Crippen LogP contribution is 2.30. The summed E-state index contributed by atoms with van der Waals surface area (Å²) in [6, 6.07) is 7.69. The van der Waals surface area contributed by atoms with E-state index in [2.05, 4.69) is 19.9 Å². The van der Waals surface area contributed by atoms with Crippen LogP contribution in [0.2, 0.25) is 5.02 Å². The summed E-state index contributed by atoms with van der Waals surface area (Å²) in [5, 5.41) is 9.66. The average molecular weight is 208 g/mol. The molecule has 1 aromatic carbocycles. The Labute approximate surface area is 90.3 Å². The van der Waals surface area contributed by atoms with Crippen LogP contribution in [0.25, 0.3) is 0 Å². The monoisotopic (exact) mass is 207 g/mol. The summed E-state index contributed by atoms with van der Waals surface area (Å²) in [5.74, 6) is 0.364. The number of rotatable bonds is 3. The normalized spacial score (nSPS) is 12.1. The van der Waals surface area contributed by atoms with Crippen LogP contribution in [-0.2, 0) is 0 Å². The summed E-state index contributed by atoms with van der Waals surface area (Å²) in [4.78, 5) is 0. The van der Waals surface area contributed by atoms with Crippen molar-refractivity contribution in [1.82, 2.24) is 0 Å². The van der Waals surface area contributed by atoms with Crippen molar-refractivity contribution in [2.24, 2.45) is 0 Å². The van der Waals surface area contributed by atoms with Gasteiger partial charge < -0.3 is 0 Å². The van der Waals surface area contributed by atoms with Gasteiger partial charge in [-0.2, -0.15) is 5.26 Å². The summed E-state index contributed by atoms with van der Waals surface area (Å²) in [6.45, 7) is 4.25. The minimum atomic E-state index is 0.364. The van der Waals surface area contributed by atoms with Crippen LogP contribution >= 0.6 is 11.6 Å². The van der Waals surface area contributed by atoms with E-state index in [9.17, 15) is 0 Å². The molecule has 1 unspecified atom stereocenters. The van der Waals surface area contributed by atoms with Crippen molar-refractivity contribution in [3.8, 4) is 6.07 Å². The third-order valence-corrected chi connectivity index (χ3v) is 2.72. The van der Waals surface area contributed by atoms with Gasteiger partial charge in [0.2, 0.25) is 0 Å². The van der Waals surface area contributed by atoms with Gasteiger partial charge in [-0.05, 0) is 30.0 Å². The maximum absolute atomic E-state index is 8.95. The van der Waals surface area contributed by atoms with Gasteiger partial charge in [0, 0.05) is 5.02 Å². The topological polar surface area (TPSA) is 23.8 Å². The summed E-state index contributed by atoms with van der Waals surface area (Å²) in [5.41, 5.74) is 1.71. The van der Waals surface area contributed by atoms with E-state index in [0.29, 0.717) is 16.5 Å². The molecule has 0 aliphatic heterocycles. The lowest BCUT2D eigenvalue weighted by atomic mass is 9.92. The molecular formula is C12H14ClN. The second-order valence-electron chi connectivity index (χ2n) is 3.50. The van der Waals surface area contributed by atoms with Gasteiger partial charge in [-0.1, -0.05) is 37.9 Å². The first-order valence-electron chi connectivity index (χ1n) is 4.89. The molecule has 1 atom stereocenters. The Morgan fingerprint density at radius 1 is 1.50 bits per heavy atom. The number of nitrogens with zero attached hydrogens (tertiary/aromatic N) is 1. The molecule has 0 aromatic heterocycles. The van der Waals surface area contributed by atoms with Gasteiger partial charge in [0.15, 0.2) is 0 Å². The maximum atomic E-state index is 8.95. The number of hydrogen-bond donors (Lipinski definition) is 0. The predicted molar refractivity (Wildman–Crippen MR) is 59.5 cm³/mol. The van der Waals surface area contributed by atoms with Crippen molar-refractivity contribution >= 4 is 11.6 Å². The molecule has 0 amide bonds. The van der Waals surface area contributed by atoms with Crippen molar-refractivity contribution in [3.63, 3.8) is 0 Å². The Balaban J connectivity index is 3.11. The highest BCUT2D eigenvalue weighted by Gasteiger charge is 2.13. The van der Waals surface area contributed by atoms with E-state index < -0.39 is 0 Å². The van der Waals surface area contributed by atoms with Crippen LogP contribution in [0.15, 0.2) is 18.2 Å². The number of benzene rings is 1. The molecule has 0 bridgehead atoms. The van der Waals surface area contributed by atoms with E-state index in [0.717, 1.165) is 18.4 Å². The molecule has 0 radical (unpaired) electrons. The third kappa shape index (κ3) is 2.27. The van der Waals surface area contributed by atoms with E-state index in [-0.39, 0.29) is 0 Å². The molecule has 0 heterocycles. The average Bonchev–Trinajstić information content (AvgIpc) is 2.17. The van der Waals surface area contributed by atoms with Gasteiger partial charge in [-0.25, -0.2) is 0 Å². The van der Waals surface area contributed by atoms with Gasteiger partial charge in [-0.3, -0.25) is 0 Å². The van der Waals surface area contributed by atoms with Crippen LogP contribution in [0.1, 0.15) is 43.7 Å². The number of halogens is 1. The Morgan fingerprint density at radius 3 is 2.79 bits per heavy atom. The lowest BCUT2D eigenvalue weighted by Gasteiger charge is -2.13. The first kappa shape index (κ1) is 11.1. The summed E-state index contributed by atoms with van der Waals surface area (Å²) in [6.07, 6.45) is 2.18. The van der Waals surface area contributed by atoms with Crippen LogP contribution < -0.4 is 0 Å². The van der Waals surface area contributed by atoms with Gasteiger partial charge in [0.25, 0.3) is 0 Å². The Morgan fingerprint density at radius 2 is 2.21 bits per heavy atom. The van der Waals surface area contributed by atoms with Crippen LogP contribution in [-0.4, -0.2) is 0 Å². The second kappa shape index (κ2) is 5.02. The fourth-order valence-corrected chi connectivity index (χ4v) is 2.07. The van der Waals surface area contributed by atoms with E-state index in [4.69, 9.17) is 16.9 Å². The summed E-state index contributed by atoms with van der Waals surface area (Å²) < 4.78 is 0. The molecule has 74 valence electrons. The maximum Gasteiger partial charge on any atom is 0.0995 e. The molecule has 2 heteroatoms. The molecule has 0 aliphatic carbocycles. The van der Waals surface area contributed by atoms with Gasteiger partial charge >= 0.3 is 0 Å².